The molecular weight excluding hydrogens is 341 g/mol. The predicted octanol–water partition coefficient (Wildman–Crippen LogP) is 4.45. The molecule has 0 aromatic heterocycles. The van der Waals surface area contributed by atoms with E-state index in [0.717, 1.165) is 37.2 Å². The Hall–Kier alpha value is -2.50. The maximum absolute atomic E-state index is 12.7. The molecule has 6 heteroatoms. The summed E-state index contributed by atoms with van der Waals surface area (Å²) in [6.07, 6.45) is -2.55. The molecule has 0 saturated carbocycles. The van der Waals surface area contributed by atoms with Crippen molar-refractivity contribution >= 4 is 11.6 Å². The highest BCUT2D eigenvalue weighted by Gasteiger charge is 2.31. The van der Waals surface area contributed by atoms with Crippen molar-refractivity contribution in [3.8, 4) is 0 Å². The largest absolute Gasteiger partial charge is 0.416 e. The van der Waals surface area contributed by atoms with Crippen LogP contribution in [0.15, 0.2) is 54.6 Å². The van der Waals surface area contributed by atoms with Gasteiger partial charge >= 0.3 is 6.18 Å². The molecule has 3 rings (SSSR count). The van der Waals surface area contributed by atoms with E-state index < -0.39 is 11.7 Å². The van der Waals surface area contributed by atoms with Gasteiger partial charge in [0.05, 0.1) is 5.56 Å². The molecule has 2 aromatic rings. The number of alkyl halides is 3. The third-order valence-electron chi connectivity index (χ3n) is 4.85. The topological polar surface area (TPSA) is 23.6 Å². The van der Waals surface area contributed by atoms with Gasteiger partial charge < -0.3 is 9.80 Å². The fourth-order valence-electron chi connectivity index (χ4n) is 3.32. The summed E-state index contributed by atoms with van der Waals surface area (Å²) in [6, 6.07) is 14.4. The first-order valence-electron chi connectivity index (χ1n) is 8.60. The summed E-state index contributed by atoms with van der Waals surface area (Å²) >= 11 is 0. The number of amides is 1. The summed E-state index contributed by atoms with van der Waals surface area (Å²) in [5.74, 6) is -0.251. The van der Waals surface area contributed by atoms with E-state index in [1.165, 1.54) is 12.1 Å². The molecule has 0 spiro atoms. The minimum Gasteiger partial charge on any atom is -0.369 e. The number of likely N-dealkylation sites (N-methyl/N-ethyl adjacent to an activating group) is 1. The van der Waals surface area contributed by atoms with Crippen molar-refractivity contribution in [3.05, 3.63) is 65.7 Å². The molecule has 1 aliphatic heterocycles. The summed E-state index contributed by atoms with van der Waals surface area (Å²) in [7, 11) is 1.72. The molecule has 1 amide bonds. The molecule has 1 aliphatic rings. The molecule has 0 bridgehead atoms. The van der Waals surface area contributed by atoms with Gasteiger partial charge in [0, 0.05) is 37.4 Å². The van der Waals surface area contributed by atoms with E-state index in [9.17, 15) is 18.0 Å². The van der Waals surface area contributed by atoms with Crippen LogP contribution in [0.4, 0.5) is 18.9 Å². The minimum atomic E-state index is -4.40. The molecule has 1 heterocycles. The molecule has 1 fully saturated rings. The number of benzene rings is 2. The van der Waals surface area contributed by atoms with Gasteiger partial charge in [-0.3, -0.25) is 4.79 Å². The number of hydrogen-bond donors (Lipinski definition) is 0. The van der Waals surface area contributed by atoms with E-state index in [1.807, 2.05) is 30.3 Å². The van der Waals surface area contributed by atoms with Gasteiger partial charge in [0.15, 0.2) is 0 Å². The number of piperidine rings is 1. The van der Waals surface area contributed by atoms with Crippen molar-refractivity contribution in [1.82, 2.24) is 4.90 Å². The number of para-hydroxylation sites is 1. The number of anilines is 1. The minimum absolute atomic E-state index is 0.0266. The number of carbonyl (C=O) groups is 1. The first kappa shape index (κ1) is 18.3. The Bertz CT molecular complexity index is 744. The molecule has 1 unspecified atom stereocenters. The van der Waals surface area contributed by atoms with Crippen molar-refractivity contribution in [2.24, 2.45) is 0 Å². The Morgan fingerprint density at radius 1 is 1.08 bits per heavy atom. The van der Waals surface area contributed by atoms with Crippen molar-refractivity contribution < 1.29 is 18.0 Å². The number of halogens is 3. The van der Waals surface area contributed by atoms with Crippen LogP contribution in [0.25, 0.3) is 0 Å². The van der Waals surface area contributed by atoms with E-state index in [2.05, 4.69) is 4.90 Å². The standard InChI is InChI=1S/C20H21F3N2O/c1-24(19(26)15-9-11-16(12-10-15)20(21,22)23)18-8-5-13-25(14-18)17-6-3-2-4-7-17/h2-4,6-7,9-12,18H,5,8,13-14H2,1H3. The zero-order valence-corrected chi connectivity index (χ0v) is 14.5. The van der Waals surface area contributed by atoms with Gasteiger partial charge in [-0.1, -0.05) is 18.2 Å². The summed E-state index contributed by atoms with van der Waals surface area (Å²) in [5, 5.41) is 0. The Morgan fingerprint density at radius 2 is 1.73 bits per heavy atom. The molecule has 0 radical (unpaired) electrons. The van der Waals surface area contributed by atoms with E-state index >= 15 is 0 Å². The molecular formula is C20H21F3N2O. The zero-order chi connectivity index (χ0) is 18.7. The number of carbonyl (C=O) groups excluding carboxylic acids is 1. The van der Waals surface area contributed by atoms with Gasteiger partial charge in [0.2, 0.25) is 0 Å². The van der Waals surface area contributed by atoms with Gasteiger partial charge in [0.25, 0.3) is 5.91 Å². The first-order valence-corrected chi connectivity index (χ1v) is 8.60. The van der Waals surface area contributed by atoms with Crippen LogP contribution in [-0.2, 0) is 6.18 Å². The molecule has 26 heavy (non-hydrogen) atoms. The lowest BCUT2D eigenvalue weighted by Gasteiger charge is -2.39. The van der Waals surface area contributed by atoms with Crippen LogP contribution < -0.4 is 4.90 Å². The van der Waals surface area contributed by atoms with Crippen molar-refractivity contribution in [1.29, 1.82) is 0 Å². The smallest absolute Gasteiger partial charge is 0.369 e. The quantitative estimate of drug-likeness (QED) is 0.806. The summed E-state index contributed by atoms with van der Waals surface area (Å²) in [4.78, 5) is 16.6. The van der Waals surface area contributed by atoms with Crippen LogP contribution in [-0.4, -0.2) is 37.0 Å². The predicted molar refractivity (Wildman–Crippen MR) is 95.2 cm³/mol. The monoisotopic (exact) mass is 362 g/mol. The maximum atomic E-state index is 12.7. The highest BCUT2D eigenvalue weighted by Crippen LogP contribution is 2.29. The third-order valence-corrected chi connectivity index (χ3v) is 4.85. The summed E-state index contributed by atoms with van der Waals surface area (Å²) < 4.78 is 38.0. The number of nitrogens with zero attached hydrogens (tertiary/aromatic N) is 2. The lowest BCUT2D eigenvalue weighted by Crippen LogP contribution is -2.48. The molecule has 1 atom stereocenters. The zero-order valence-electron chi connectivity index (χ0n) is 14.5. The van der Waals surface area contributed by atoms with Crippen LogP contribution in [0.1, 0.15) is 28.8 Å². The lowest BCUT2D eigenvalue weighted by atomic mass is 10.0. The Balaban J connectivity index is 1.70. The average Bonchev–Trinajstić information content (AvgIpc) is 2.67. The second-order valence-electron chi connectivity index (χ2n) is 6.57. The van der Waals surface area contributed by atoms with E-state index in [1.54, 1.807) is 11.9 Å². The molecule has 0 N–H and O–H groups in total. The molecule has 0 aliphatic carbocycles. The molecule has 1 saturated heterocycles. The highest BCUT2D eigenvalue weighted by molar-refractivity contribution is 5.94. The highest BCUT2D eigenvalue weighted by atomic mass is 19.4. The Kier molecular flexibility index (Phi) is 5.20. The molecule has 138 valence electrons. The normalized spacial score (nSPS) is 17.8. The second kappa shape index (κ2) is 7.40. The first-order chi connectivity index (χ1) is 12.4. The van der Waals surface area contributed by atoms with Crippen LogP contribution in [0.3, 0.4) is 0 Å². The Morgan fingerprint density at radius 3 is 2.35 bits per heavy atom. The van der Waals surface area contributed by atoms with Crippen molar-refractivity contribution in [2.45, 2.75) is 25.1 Å². The maximum Gasteiger partial charge on any atom is 0.416 e. The van der Waals surface area contributed by atoms with Gasteiger partial charge in [-0.05, 0) is 49.2 Å². The van der Waals surface area contributed by atoms with Crippen LogP contribution in [0, 0.1) is 0 Å². The van der Waals surface area contributed by atoms with Crippen LogP contribution in [0.5, 0.6) is 0 Å². The van der Waals surface area contributed by atoms with Crippen molar-refractivity contribution in [3.63, 3.8) is 0 Å². The molecule has 2 aromatic carbocycles. The third kappa shape index (κ3) is 4.00. The van der Waals surface area contributed by atoms with E-state index in [-0.39, 0.29) is 17.5 Å². The fourth-order valence-corrected chi connectivity index (χ4v) is 3.32. The van der Waals surface area contributed by atoms with Gasteiger partial charge in [-0.15, -0.1) is 0 Å². The SMILES string of the molecule is CN(C(=O)c1ccc(C(F)(F)F)cc1)C1CCCN(c2ccccc2)C1. The van der Waals surface area contributed by atoms with E-state index in [4.69, 9.17) is 0 Å². The van der Waals surface area contributed by atoms with Crippen LogP contribution >= 0.6 is 0 Å². The molecule has 3 nitrogen and oxygen atoms in total. The second-order valence-corrected chi connectivity index (χ2v) is 6.57. The average molecular weight is 362 g/mol. The lowest BCUT2D eigenvalue weighted by molar-refractivity contribution is -0.137. The van der Waals surface area contributed by atoms with Gasteiger partial charge in [-0.25, -0.2) is 0 Å². The van der Waals surface area contributed by atoms with Crippen molar-refractivity contribution in [2.75, 3.05) is 25.0 Å². The summed E-state index contributed by atoms with van der Waals surface area (Å²) in [6.45, 7) is 1.65. The summed E-state index contributed by atoms with van der Waals surface area (Å²) in [5.41, 5.74) is 0.648. The van der Waals surface area contributed by atoms with Gasteiger partial charge in [-0.2, -0.15) is 13.2 Å². The number of rotatable bonds is 3. The Labute approximate surface area is 151 Å². The van der Waals surface area contributed by atoms with Gasteiger partial charge in [0.1, 0.15) is 0 Å². The fraction of sp³-hybridized carbons (Fsp3) is 0.350. The van der Waals surface area contributed by atoms with E-state index in [0.29, 0.717) is 6.54 Å². The van der Waals surface area contributed by atoms with Crippen LogP contribution in [0.2, 0.25) is 0 Å². The number of hydrogen-bond acceptors (Lipinski definition) is 2.